The van der Waals surface area contributed by atoms with Crippen molar-refractivity contribution >= 4 is 28.1 Å². The molecule has 30 heavy (non-hydrogen) atoms. The van der Waals surface area contributed by atoms with E-state index < -0.39 is 6.04 Å². The predicted octanol–water partition coefficient (Wildman–Crippen LogP) is 3.90. The molecule has 0 unspecified atom stereocenters. The lowest BCUT2D eigenvalue weighted by Crippen LogP contribution is -2.35. The number of thiophene rings is 1. The van der Waals surface area contributed by atoms with Crippen molar-refractivity contribution in [3.8, 4) is 0 Å². The Morgan fingerprint density at radius 3 is 2.80 bits per heavy atom. The van der Waals surface area contributed by atoms with E-state index in [9.17, 15) is 9.59 Å². The second kappa shape index (κ2) is 8.67. The molecule has 7 heteroatoms. The summed E-state index contributed by atoms with van der Waals surface area (Å²) in [6, 6.07) is 13.1. The molecule has 0 aliphatic heterocycles. The molecule has 4 rings (SSSR count). The van der Waals surface area contributed by atoms with Crippen molar-refractivity contribution in [3.05, 3.63) is 86.4 Å². The van der Waals surface area contributed by atoms with Gasteiger partial charge in [-0.1, -0.05) is 31.2 Å². The summed E-state index contributed by atoms with van der Waals surface area (Å²) in [6.45, 7) is 3.67. The fourth-order valence-corrected chi connectivity index (χ4v) is 4.50. The largest absolute Gasteiger partial charge is 0.361 e. The van der Waals surface area contributed by atoms with Crippen LogP contribution in [0.1, 0.15) is 34.9 Å². The van der Waals surface area contributed by atoms with Crippen molar-refractivity contribution in [2.75, 3.05) is 0 Å². The molecule has 3 heterocycles. The number of para-hydroxylation sites is 1. The smallest absolute Gasteiger partial charge is 0.251 e. The number of aromatic nitrogens is 3. The second-order valence-electron chi connectivity index (χ2n) is 7.56. The summed E-state index contributed by atoms with van der Waals surface area (Å²) in [7, 11) is 0. The van der Waals surface area contributed by atoms with E-state index in [2.05, 4.69) is 26.3 Å². The number of fused-ring (bicyclic) bond motifs is 1. The van der Waals surface area contributed by atoms with E-state index in [0.717, 1.165) is 16.5 Å². The normalized spacial score (nSPS) is 13.3. The third-order valence-electron chi connectivity index (χ3n) is 5.19. The van der Waals surface area contributed by atoms with E-state index in [0.29, 0.717) is 24.4 Å². The summed E-state index contributed by atoms with van der Waals surface area (Å²) in [4.78, 5) is 36.7. The van der Waals surface area contributed by atoms with Gasteiger partial charge in [0.25, 0.3) is 5.56 Å². The predicted molar refractivity (Wildman–Crippen MR) is 120 cm³/mol. The van der Waals surface area contributed by atoms with Gasteiger partial charge in [0, 0.05) is 40.4 Å². The van der Waals surface area contributed by atoms with Crippen molar-refractivity contribution in [1.29, 1.82) is 0 Å². The first-order valence-electron chi connectivity index (χ1n) is 9.95. The topological polar surface area (TPSA) is 90.6 Å². The molecule has 1 amide bonds. The zero-order valence-electron chi connectivity index (χ0n) is 16.9. The Morgan fingerprint density at radius 1 is 1.20 bits per heavy atom. The van der Waals surface area contributed by atoms with Crippen molar-refractivity contribution in [2.24, 2.45) is 5.92 Å². The Bertz CT molecular complexity index is 1210. The van der Waals surface area contributed by atoms with Crippen LogP contribution in [0.3, 0.4) is 0 Å². The lowest BCUT2D eigenvalue weighted by molar-refractivity contribution is -0.125. The lowest BCUT2D eigenvalue weighted by atomic mass is 10.00. The van der Waals surface area contributed by atoms with Crippen molar-refractivity contribution in [2.45, 2.75) is 32.7 Å². The van der Waals surface area contributed by atoms with Crippen LogP contribution in [0, 0.1) is 12.8 Å². The van der Waals surface area contributed by atoms with Crippen LogP contribution in [0.2, 0.25) is 0 Å². The second-order valence-corrected chi connectivity index (χ2v) is 8.60. The number of rotatable bonds is 7. The number of aromatic amines is 2. The van der Waals surface area contributed by atoms with Crippen LogP contribution in [0.5, 0.6) is 0 Å². The number of H-pyrrole nitrogens is 2. The van der Waals surface area contributed by atoms with Gasteiger partial charge in [-0.15, -0.1) is 11.3 Å². The van der Waals surface area contributed by atoms with Crippen LogP contribution in [-0.4, -0.2) is 20.9 Å². The Kier molecular flexibility index (Phi) is 5.81. The highest BCUT2D eigenvalue weighted by molar-refractivity contribution is 7.09. The zero-order valence-corrected chi connectivity index (χ0v) is 17.8. The van der Waals surface area contributed by atoms with Gasteiger partial charge in [0.2, 0.25) is 5.91 Å². The third-order valence-corrected chi connectivity index (χ3v) is 6.09. The molecular weight excluding hydrogens is 396 g/mol. The molecule has 3 aromatic heterocycles. The number of nitrogens with one attached hydrogen (secondary N) is 3. The number of carbonyl (C=O) groups is 1. The molecule has 4 aromatic rings. The van der Waals surface area contributed by atoms with Crippen LogP contribution in [-0.2, 0) is 17.6 Å². The van der Waals surface area contributed by atoms with Crippen molar-refractivity contribution in [1.82, 2.24) is 20.3 Å². The molecule has 0 spiro atoms. The standard InChI is InChI=1S/C23H24N4O2S/c1-14(10-17-6-5-9-30-17)23(29)27-20(21-12-22(28)26-15(2)25-21)11-16-13-24-19-8-4-3-7-18(16)19/h3-9,12-14,20,24H,10-11H2,1-2H3,(H,27,29)(H,25,26,28)/t14-,20-/m1/s1. The molecule has 0 radical (unpaired) electrons. The first-order valence-corrected chi connectivity index (χ1v) is 10.8. The molecule has 154 valence electrons. The summed E-state index contributed by atoms with van der Waals surface area (Å²) in [6.07, 6.45) is 3.18. The van der Waals surface area contributed by atoms with Crippen LogP contribution in [0.15, 0.2) is 58.8 Å². The minimum atomic E-state index is -0.400. The Labute approximate surface area is 178 Å². The average molecular weight is 421 g/mol. The molecule has 0 aliphatic carbocycles. The molecular formula is C23H24N4O2S. The molecule has 0 fully saturated rings. The Hall–Kier alpha value is -3.19. The van der Waals surface area contributed by atoms with E-state index in [-0.39, 0.29) is 17.4 Å². The highest BCUT2D eigenvalue weighted by Crippen LogP contribution is 2.24. The molecule has 0 saturated carbocycles. The summed E-state index contributed by atoms with van der Waals surface area (Å²) in [5, 5.41) is 6.26. The molecule has 0 aliphatic rings. The fourth-order valence-electron chi connectivity index (χ4n) is 3.67. The molecule has 0 bridgehead atoms. The lowest BCUT2D eigenvalue weighted by Gasteiger charge is -2.21. The number of hydrogen-bond donors (Lipinski definition) is 3. The molecule has 3 N–H and O–H groups in total. The third kappa shape index (κ3) is 4.52. The van der Waals surface area contributed by atoms with Crippen LogP contribution in [0.25, 0.3) is 10.9 Å². The molecule has 1 aromatic carbocycles. The molecule has 0 saturated heterocycles. The van der Waals surface area contributed by atoms with Crippen LogP contribution < -0.4 is 10.9 Å². The number of nitrogens with zero attached hydrogens (tertiary/aromatic N) is 1. The van der Waals surface area contributed by atoms with E-state index >= 15 is 0 Å². The van der Waals surface area contributed by atoms with Gasteiger partial charge in [-0.3, -0.25) is 9.59 Å². The zero-order chi connectivity index (χ0) is 21.1. The van der Waals surface area contributed by atoms with Gasteiger partial charge < -0.3 is 15.3 Å². The van der Waals surface area contributed by atoms with Gasteiger partial charge in [0.05, 0.1) is 11.7 Å². The Balaban J connectivity index is 1.61. The minimum Gasteiger partial charge on any atom is -0.361 e. The summed E-state index contributed by atoms with van der Waals surface area (Å²) >= 11 is 1.65. The van der Waals surface area contributed by atoms with Gasteiger partial charge in [-0.05, 0) is 36.4 Å². The van der Waals surface area contributed by atoms with Gasteiger partial charge in [-0.25, -0.2) is 4.98 Å². The molecule has 6 nitrogen and oxygen atoms in total. The summed E-state index contributed by atoms with van der Waals surface area (Å²) < 4.78 is 0. The maximum absolute atomic E-state index is 13.0. The first kappa shape index (κ1) is 20.1. The minimum absolute atomic E-state index is 0.0482. The quantitative estimate of drug-likeness (QED) is 0.423. The number of aryl methyl sites for hydroxylation is 1. The van der Waals surface area contributed by atoms with E-state index in [4.69, 9.17) is 0 Å². The maximum Gasteiger partial charge on any atom is 0.251 e. The average Bonchev–Trinajstić information content (AvgIpc) is 3.37. The number of benzene rings is 1. The van der Waals surface area contributed by atoms with E-state index in [1.807, 2.05) is 48.8 Å². The fraction of sp³-hybridized carbons (Fsp3) is 0.261. The van der Waals surface area contributed by atoms with E-state index in [1.54, 1.807) is 18.3 Å². The highest BCUT2D eigenvalue weighted by atomic mass is 32.1. The monoisotopic (exact) mass is 420 g/mol. The van der Waals surface area contributed by atoms with Gasteiger partial charge in [-0.2, -0.15) is 0 Å². The SMILES string of the molecule is Cc1nc([C@@H](Cc2c[nH]c3ccccc23)NC(=O)[C@H](C)Cc2cccs2)cc(=O)[nH]1. The van der Waals surface area contributed by atoms with Crippen molar-refractivity contribution < 1.29 is 4.79 Å². The van der Waals surface area contributed by atoms with Crippen LogP contribution >= 0.6 is 11.3 Å². The summed E-state index contributed by atoms with van der Waals surface area (Å²) in [5.41, 5.74) is 2.46. The highest BCUT2D eigenvalue weighted by Gasteiger charge is 2.23. The number of hydrogen-bond acceptors (Lipinski definition) is 4. The van der Waals surface area contributed by atoms with Gasteiger partial charge in [0.1, 0.15) is 5.82 Å². The van der Waals surface area contributed by atoms with Crippen LogP contribution in [0.4, 0.5) is 0 Å². The van der Waals surface area contributed by atoms with Crippen molar-refractivity contribution in [3.63, 3.8) is 0 Å². The maximum atomic E-state index is 13.0. The Morgan fingerprint density at radius 2 is 2.03 bits per heavy atom. The van der Waals surface area contributed by atoms with Gasteiger partial charge >= 0.3 is 0 Å². The number of amides is 1. The molecule has 2 atom stereocenters. The summed E-state index contributed by atoms with van der Waals surface area (Å²) in [5.74, 6) is 0.299. The number of carbonyl (C=O) groups excluding carboxylic acids is 1. The van der Waals surface area contributed by atoms with Gasteiger partial charge in [0.15, 0.2) is 0 Å². The first-order chi connectivity index (χ1) is 14.5. The van der Waals surface area contributed by atoms with E-state index in [1.165, 1.54) is 10.9 Å².